The van der Waals surface area contributed by atoms with Crippen molar-refractivity contribution in [2.75, 3.05) is 4.90 Å². The zero-order valence-corrected chi connectivity index (χ0v) is 14.4. The van der Waals surface area contributed by atoms with Crippen LogP contribution in [0.25, 0.3) is 0 Å². The van der Waals surface area contributed by atoms with Crippen LogP contribution in [0.5, 0.6) is 0 Å². The van der Waals surface area contributed by atoms with Crippen molar-refractivity contribution in [1.82, 2.24) is 0 Å². The molecule has 0 N–H and O–H groups in total. The van der Waals surface area contributed by atoms with Gasteiger partial charge in [0.05, 0.1) is 11.7 Å². The molecule has 0 radical (unpaired) electrons. The first-order valence-electron chi connectivity index (χ1n) is 8.56. The third-order valence-electron chi connectivity index (χ3n) is 5.13. The number of hydrogen-bond acceptors (Lipinski definition) is 2. The molecule has 3 heteroatoms. The van der Waals surface area contributed by atoms with Crippen molar-refractivity contribution in [3.8, 4) is 0 Å². The zero-order chi connectivity index (χ0) is 16.8. The molecular formula is C22H17NOS. The number of nitrogens with zero attached hydrogens (tertiary/aromatic N) is 1. The summed E-state index contributed by atoms with van der Waals surface area (Å²) in [5, 5.41) is 0. The van der Waals surface area contributed by atoms with Gasteiger partial charge in [0.1, 0.15) is 0 Å². The van der Waals surface area contributed by atoms with Gasteiger partial charge in [0.2, 0.25) is 5.91 Å². The SMILES string of the molecule is O=C1C[C@H](c2ccccc2)C2c3ccccc3Sc3ccccc3N12. The van der Waals surface area contributed by atoms with E-state index in [9.17, 15) is 4.79 Å². The smallest absolute Gasteiger partial charge is 0.228 e. The van der Waals surface area contributed by atoms with Crippen molar-refractivity contribution < 1.29 is 4.79 Å². The van der Waals surface area contributed by atoms with Crippen LogP contribution in [0, 0.1) is 0 Å². The highest BCUT2D eigenvalue weighted by atomic mass is 32.2. The number of carbonyl (C=O) groups is 1. The molecule has 2 atom stereocenters. The molecule has 1 fully saturated rings. The molecule has 2 nitrogen and oxygen atoms in total. The minimum Gasteiger partial charge on any atom is -0.303 e. The van der Waals surface area contributed by atoms with E-state index < -0.39 is 0 Å². The molecule has 2 aliphatic rings. The Bertz CT molecular complexity index is 953. The van der Waals surface area contributed by atoms with E-state index in [0.29, 0.717) is 6.42 Å². The van der Waals surface area contributed by atoms with Crippen LogP contribution in [-0.4, -0.2) is 5.91 Å². The maximum atomic E-state index is 13.0. The van der Waals surface area contributed by atoms with Gasteiger partial charge in [-0.2, -0.15) is 0 Å². The highest BCUT2D eigenvalue weighted by Crippen LogP contribution is 2.54. The van der Waals surface area contributed by atoms with Gasteiger partial charge in [0.25, 0.3) is 0 Å². The molecular weight excluding hydrogens is 326 g/mol. The maximum Gasteiger partial charge on any atom is 0.228 e. The van der Waals surface area contributed by atoms with Gasteiger partial charge in [-0.05, 0) is 29.3 Å². The fourth-order valence-electron chi connectivity index (χ4n) is 4.05. The Labute approximate surface area is 151 Å². The lowest BCUT2D eigenvalue weighted by Gasteiger charge is -2.28. The molecule has 5 rings (SSSR count). The van der Waals surface area contributed by atoms with Crippen molar-refractivity contribution in [2.24, 2.45) is 0 Å². The molecule has 0 saturated carbocycles. The molecule has 0 spiro atoms. The van der Waals surface area contributed by atoms with E-state index in [1.807, 2.05) is 23.1 Å². The van der Waals surface area contributed by atoms with E-state index in [4.69, 9.17) is 0 Å². The fourth-order valence-corrected chi connectivity index (χ4v) is 5.16. The van der Waals surface area contributed by atoms with E-state index in [0.717, 1.165) is 10.6 Å². The Hall–Kier alpha value is -2.52. The van der Waals surface area contributed by atoms with E-state index in [1.165, 1.54) is 16.0 Å². The van der Waals surface area contributed by atoms with Gasteiger partial charge in [-0.25, -0.2) is 0 Å². The summed E-state index contributed by atoms with van der Waals surface area (Å²) in [5.74, 6) is 0.394. The van der Waals surface area contributed by atoms with Gasteiger partial charge in [0.15, 0.2) is 0 Å². The molecule has 122 valence electrons. The number of rotatable bonds is 1. The van der Waals surface area contributed by atoms with Crippen molar-refractivity contribution in [3.05, 3.63) is 90.0 Å². The number of benzene rings is 3. The average Bonchev–Trinajstić information content (AvgIpc) is 2.92. The molecule has 1 unspecified atom stereocenters. The minimum absolute atomic E-state index is 0.0576. The van der Waals surface area contributed by atoms with Gasteiger partial charge < -0.3 is 4.90 Å². The molecule has 0 bridgehead atoms. The van der Waals surface area contributed by atoms with Crippen LogP contribution in [0.2, 0.25) is 0 Å². The summed E-state index contributed by atoms with van der Waals surface area (Å²) >= 11 is 1.77. The van der Waals surface area contributed by atoms with E-state index in [2.05, 4.69) is 60.7 Å². The molecule has 1 saturated heterocycles. The number of anilines is 1. The van der Waals surface area contributed by atoms with Gasteiger partial charge >= 0.3 is 0 Å². The van der Waals surface area contributed by atoms with Gasteiger partial charge in [0, 0.05) is 22.1 Å². The van der Waals surface area contributed by atoms with Crippen molar-refractivity contribution >= 4 is 23.4 Å². The normalized spacial score (nSPS) is 21.3. The van der Waals surface area contributed by atoms with Gasteiger partial charge in [-0.1, -0.05) is 72.4 Å². The third kappa shape index (κ3) is 2.30. The molecule has 0 aromatic heterocycles. The van der Waals surface area contributed by atoms with E-state index in [-0.39, 0.29) is 17.9 Å². The first-order valence-corrected chi connectivity index (χ1v) is 9.37. The lowest BCUT2D eigenvalue weighted by Crippen LogP contribution is -2.28. The summed E-state index contributed by atoms with van der Waals surface area (Å²) in [4.78, 5) is 17.5. The predicted molar refractivity (Wildman–Crippen MR) is 101 cm³/mol. The quantitative estimate of drug-likeness (QED) is 0.588. The first kappa shape index (κ1) is 14.8. The molecule has 1 amide bonds. The highest BCUT2D eigenvalue weighted by Gasteiger charge is 2.45. The predicted octanol–water partition coefficient (Wildman–Crippen LogP) is 5.41. The summed E-state index contributed by atoms with van der Waals surface area (Å²) in [7, 11) is 0. The van der Waals surface area contributed by atoms with Crippen molar-refractivity contribution in [3.63, 3.8) is 0 Å². The fraction of sp³-hybridized carbons (Fsp3) is 0.136. The molecule has 3 aromatic rings. The monoisotopic (exact) mass is 343 g/mol. The van der Waals surface area contributed by atoms with Crippen LogP contribution in [-0.2, 0) is 4.79 Å². The topological polar surface area (TPSA) is 20.3 Å². The van der Waals surface area contributed by atoms with Crippen molar-refractivity contribution in [1.29, 1.82) is 0 Å². The summed E-state index contributed by atoms with van der Waals surface area (Å²) in [6, 6.07) is 27.3. The summed E-state index contributed by atoms with van der Waals surface area (Å²) in [6.07, 6.45) is 0.558. The first-order chi connectivity index (χ1) is 12.3. The maximum absolute atomic E-state index is 13.0. The molecule has 2 aliphatic heterocycles. The Morgan fingerprint density at radius 1 is 0.800 bits per heavy atom. The Morgan fingerprint density at radius 3 is 2.32 bits per heavy atom. The third-order valence-corrected chi connectivity index (χ3v) is 6.29. The molecule has 2 heterocycles. The van der Waals surface area contributed by atoms with Gasteiger partial charge in [-0.15, -0.1) is 0 Å². The number of amides is 1. The summed E-state index contributed by atoms with van der Waals surface area (Å²) in [6.45, 7) is 0. The number of fused-ring (bicyclic) bond motifs is 5. The van der Waals surface area contributed by atoms with Crippen LogP contribution >= 0.6 is 11.8 Å². The van der Waals surface area contributed by atoms with E-state index >= 15 is 0 Å². The Kier molecular flexibility index (Phi) is 3.42. The molecule has 25 heavy (non-hydrogen) atoms. The second kappa shape index (κ2) is 5.78. The van der Waals surface area contributed by atoms with E-state index in [1.54, 1.807) is 11.8 Å². The molecule has 3 aromatic carbocycles. The van der Waals surface area contributed by atoms with Crippen LogP contribution in [0.3, 0.4) is 0 Å². The van der Waals surface area contributed by atoms with Crippen LogP contribution < -0.4 is 4.90 Å². The number of hydrogen-bond donors (Lipinski definition) is 0. The van der Waals surface area contributed by atoms with Crippen molar-refractivity contribution in [2.45, 2.75) is 28.2 Å². The summed E-state index contributed by atoms with van der Waals surface area (Å²) in [5.41, 5.74) is 3.53. The van der Waals surface area contributed by atoms with Crippen LogP contribution in [0.4, 0.5) is 5.69 Å². The number of carbonyl (C=O) groups excluding carboxylic acids is 1. The highest BCUT2D eigenvalue weighted by molar-refractivity contribution is 7.99. The van der Waals surface area contributed by atoms with Crippen LogP contribution in [0.1, 0.15) is 29.5 Å². The average molecular weight is 343 g/mol. The largest absolute Gasteiger partial charge is 0.303 e. The summed E-state index contributed by atoms with van der Waals surface area (Å²) < 4.78 is 0. The second-order valence-electron chi connectivity index (χ2n) is 6.54. The number of para-hydroxylation sites is 1. The second-order valence-corrected chi connectivity index (χ2v) is 7.62. The Balaban J connectivity index is 1.75. The van der Waals surface area contributed by atoms with Crippen LogP contribution in [0.15, 0.2) is 88.7 Å². The lowest BCUT2D eigenvalue weighted by molar-refractivity contribution is -0.117. The molecule has 0 aliphatic carbocycles. The minimum atomic E-state index is 0.0576. The van der Waals surface area contributed by atoms with Gasteiger partial charge in [-0.3, -0.25) is 4.79 Å². The Morgan fingerprint density at radius 2 is 1.48 bits per heavy atom. The standard InChI is InChI=1S/C22H17NOS/c24-21-14-17(15-8-2-1-3-9-15)22-16-10-4-6-12-19(16)25-20-13-7-5-11-18(20)23(21)22/h1-13,17,22H,14H2/t17-,22?/m1/s1. The zero-order valence-electron chi connectivity index (χ0n) is 13.6. The lowest BCUT2D eigenvalue weighted by atomic mass is 9.87.